The molecule has 90 valence electrons. The molecule has 0 bridgehead atoms. The summed E-state index contributed by atoms with van der Waals surface area (Å²) in [5, 5.41) is 1.74. The van der Waals surface area contributed by atoms with E-state index in [4.69, 9.17) is 16.3 Å². The minimum absolute atomic E-state index is 0.145. The summed E-state index contributed by atoms with van der Waals surface area (Å²) >= 11 is 9.53. The topological polar surface area (TPSA) is 9.23 Å². The second-order valence-electron chi connectivity index (χ2n) is 4.69. The molecule has 1 aromatic carbocycles. The molecule has 1 rings (SSSR count). The number of ether oxygens (including phenoxy) is 1. The smallest absolute Gasteiger partial charge is 0.119 e. The van der Waals surface area contributed by atoms with Crippen molar-refractivity contribution in [1.82, 2.24) is 0 Å². The highest BCUT2D eigenvalue weighted by Gasteiger charge is 2.17. The Hall–Kier alpha value is -0.210. The van der Waals surface area contributed by atoms with E-state index in [1.54, 1.807) is 0 Å². The first-order valence-electron chi connectivity index (χ1n) is 5.45. The van der Waals surface area contributed by atoms with Crippen molar-refractivity contribution in [3.8, 4) is 5.75 Å². The highest BCUT2D eigenvalue weighted by Crippen LogP contribution is 2.25. The van der Waals surface area contributed by atoms with Gasteiger partial charge in [0.05, 0.1) is 6.61 Å². The van der Waals surface area contributed by atoms with Crippen molar-refractivity contribution in [1.29, 1.82) is 0 Å². The normalized spacial score (nSPS) is 11.6. The first-order valence-corrected chi connectivity index (χ1v) is 6.95. The van der Waals surface area contributed by atoms with Crippen molar-refractivity contribution in [2.24, 2.45) is 5.41 Å². The molecule has 1 aromatic rings. The molecular weight excluding hydrogens is 287 g/mol. The van der Waals surface area contributed by atoms with Crippen LogP contribution in [-0.4, -0.2) is 11.9 Å². The molecule has 0 amide bonds. The Balaban J connectivity index is 2.68. The summed E-state index contributed by atoms with van der Waals surface area (Å²) in [5.41, 5.74) is 1.28. The fraction of sp³-hybridized carbons (Fsp3) is 0.538. The quantitative estimate of drug-likeness (QED) is 0.716. The lowest BCUT2D eigenvalue weighted by Crippen LogP contribution is -2.22. The zero-order valence-electron chi connectivity index (χ0n) is 10.0. The molecule has 0 atom stereocenters. The third kappa shape index (κ3) is 3.99. The van der Waals surface area contributed by atoms with E-state index in [-0.39, 0.29) is 5.41 Å². The average molecular weight is 306 g/mol. The van der Waals surface area contributed by atoms with Gasteiger partial charge in [-0.1, -0.05) is 48.3 Å². The lowest BCUT2D eigenvalue weighted by atomic mass is 9.98. The third-order valence-electron chi connectivity index (χ3n) is 2.39. The van der Waals surface area contributed by atoms with Crippen LogP contribution in [0.4, 0.5) is 0 Å². The summed E-state index contributed by atoms with van der Waals surface area (Å²) in [6, 6.07) is 5.84. The summed E-state index contributed by atoms with van der Waals surface area (Å²) < 4.78 is 5.77. The Morgan fingerprint density at radius 3 is 2.62 bits per heavy atom. The first-order chi connectivity index (χ1) is 7.48. The Labute approximate surface area is 111 Å². The second-order valence-corrected chi connectivity index (χ2v) is 5.66. The van der Waals surface area contributed by atoms with Crippen LogP contribution in [0, 0.1) is 5.41 Å². The van der Waals surface area contributed by atoms with Gasteiger partial charge in [-0.2, -0.15) is 0 Å². The fourth-order valence-corrected chi connectivity index (χ4v) is 1.64. The van der Waals surface area contributed by atoms with Gasteiger partial charge in [-0.25, -0.2) is 0 Å². The van der Waals surface area contributed by atoms with E-state index in [0.717, 1.165) is 28.1 Å². The van der Waals surface area contributed by atoms with Gasteiger partial charge in [0.1, 0.15) is 5.75 Å². The van der Waals surface area contributed by atoms with E-state index in [2.05, 4.69) is 36.7 Å². The van der Waals surface area contributed by atoms with Gasteiger partial charge in [0, 0.05) is 15.8 Å². The number of alkyl halides is 1. The van der Waals surface area contributed by atoms with Crippen molar-refractivity contribution in [3.05, 3.63) is 28.8 Å². The van der Waals surface area contributed by atoms with Gasteiger partial charge in [-0.3, -0.25) is 0 Å². The lowest BCUT2D eigenvalue weighted by Gasteiger charge is -2.22. The second kappa shape index (κ2) is 5.92. The van der Waals surface area contributed by atoms with Crippen LogP contribution in [0.1, 0.15) is 26.3 Å². The predicted molar refractivity (Wildman–Crippen MR) is 73.9 cm³/mol. The predicted octanol–water partition coefficient (Wildman–Crippen LogP) is 4.70. The van der Waals surface area contributed by atoms with Crippen LogP contribution in [0.2, 0.25) is 5.02 Å². The average Bonchev–Trinajstić information content (AvgIpc) is 2.28. The lowest BCUT2D eigenvalue weighted by molar-refractivity contribution is 0.203. The molecule has 0 saturated heterocycles. The molecule has 0 fully saturated rings. The number of rotatable bonds is 5. The minimum atomic E-state index is 0.145. The number of hydrogen-bond donors (Lipinski definition) is 0. The molecule has 16 heavy (non-hydrogen) atoms. The first kappa shape index (κ1) is 13.9. The highest BCUT2D eigenvalue weighted by molar-refractivity contribution is 9.09. The van der Waals surface area contributed by atoms with Crippen LogP contribution < -0.4 is 4.74 Å². The zero-order chi connectivity index (χ0) is 12.2. The van der Waals surface area contributed by atoms with E-state index < -0.39 is 0 Å². The molecule has 0 saturated carbocycles. The van der Waals surface area contributed by atoms with Crippen LogP contribution in [-0.2, 0) is 6.42 Å². The monoisotopic (exact) mass is 304 g/mol. The maximum absolute atomic E-state index is 6.05. The summed E-state index contributed by atoms with van der Waals surface area (Å²) in [7, 11) is 0. The molecule has 0 aliphatic heterocycles. The van der Waals surface area contributed by atoms with E-state index in [1.807, 2.05) is 18.2 Å². The van der Waals surface area contributed by atoms with Gasteiger partial charge in [-0.05, 0) is 30.2 Å². The molecule has 0 N–H and O–H groups in total. The summed E-state index contributed by atoms with van der Waals surface area (Å²) in [5.74, 6) is 0.898. The van der Waals surface area contributed by atoms with Gasteiger partial charge in [0.25, 0.3) is 0 Å². The molecule has 0 aliphatic rings. The molecule has 0 radical (unpaired) electrons. The standard InChI is InChI=1S/C13H18BrClO/c1-4-10-7-11(5-6-12(10)15)16-9-13(2,3)8-14/h5-7H,4,8-9H2,1-3H3. The van der Waals surface area contributed by atoms with Crippen LogP contribution in [0.5, 0.6) is 5.75 Å². The maximum atomic E-state index is 6.05. The van der Waals surface area contributed by atoms with Crippen LogP contribution >= 0.6 is 27.5 Å². The SMILES string of the molecule is CCc1cc(OCC(C)(C)CBr)ccc1Cl. The zero-order valence-corrected chi connectivity index (χ0v) is 12.4. The third-order valence-corrected chi connectivity index (χ3v) is 4.28. The highest BCUT2D eigenvalue weighted by atomic mass is 79.9. The summed E-state index contributed by atoms with van der Waals surface area (Å²) in [4.78, 5) is 0. The molecule has 1 nitrogen and oxygen atoms in total. The molecule has 0 aromatic heterocycles. The van der Waals surface area contributed by atoms with E-state index >= 15 is 0 Å². The number of aryl methyl sites for hydroxylation is 1. The van der Waals surface area contributed by atoms with E-state index in [9.17, 15) is 0 Å². The van der Waals surface area contributed by atoms with E-state index in [1.165, 1.54) is 0 Å². The minimum Gasteiger partial charge on any atom is -0.493 e. The van der Waals surface area contributed by atoms with E-state index in [0.29, 0.717) is 6.61 Å². The largest absolute Gasteiger partial charge is 0.493 e. The molecule has 0 unspecified atom stereocenters. The molecule has 0 aliphatic carbocycles. The molecule has 0 spiro atoms. The molecule has 0 heterocycles. The van der Waals surface area contributed by atoms with Crippen molar-refractivity contribution in [3.63, 3.8) is 0 Å². The Kier molecular flexibility index (Phi) is 5.13. The van der Waals surface area contributed by atoms with Gasteiger partial charge in [-0.15, -0.1) is 0 Å². The van der Waals surface area contributed by atoms with Gasteiger partial charge in [0.2, 0.25) is 0 Å². The van der Waals surface area contributed by atoms with Gasteiger partial charge < -0.3 is 4.74 Å². The van der Waals surface area contributed by atoms with Crippen molar-refractivity contribution in [2.45, 2.75) is 27.2 Å². The van der Waals surface area contributed by atoms with Crippen LogP contribution in [0.3, 0.4) is 0 Å². The van der Waals surface area contributed by atoms with Gasteiger partial charge >= 0.3 is 0 Å². The van der Waals surface area contributed by atoms with Crippen molar-refractivity contribution in [2.75, 3.05) is 11.9 Å². The molecule has 3 heteroatoms. The number of hydrogen-bond acceptors (Lipinski definition) is 1. The maximum Gasteiger partial charge on any atom is 0.119 e. The molecular formula is C13H18BrClO. The van der Waals surface area contributed by atoms with Gasteiger partial charge in [0.15, 0.2) is 0 Å². The Morgan fingerprint density at radius 2 is 2.06 bits per heavy atom. The van der Waals surface area contributed by atoms with Crippen LogP contribution in [0.25, 0.3) is 0 Å². The Morgan fingerprint density at radius 1 is 1.38 bits per heavy atom. The summed E-state index contributed by atoms with van der Waals surface area (Å²) in [6.45, 7) is 7.12. The number of halogens is 2. The number of benzene rings is 1. The Bertz CT molecular complexity index is 350. The fourth-order valence-electron chi connectivity index (χ4n) is 1.23. The van der Waals surface area contributed by atoms with Crippen molar-refractivity contribution < 1.29 is 4.74 Å². The van der Waals surface area contributed by atoms with Crippen molar-refractivity contribution >= 4 is 27.5 Å². The summed E-state index contributed by atoms with van der Waals surface area (Å²) in [6.07, 6.45) is 0.928. The van der Waals surface area contributed by atoms with Crippen LogP contribution in [0.15, 0.2) is 18.2 Å².